The molecule has 0 spiro atoms. The minimum atomic E-state index is -5.12. The highest BCUT2D eigenvalue weighted by Gasteiger charge is 2.33. The Hall–Kier alpha value is -3.96. The highest BCUT2D eigenvalue weighted by molar-refractivity contribution is 5.92. The summed E-state index contributed by atoms with van der Waals surface area (Å²) >= 11 is 0. The van der Waals surface area contributed by atoms with Gasteiger partial charge in [-0.2, -0.15) is 0 Å². The van der Waals surface area contributed by atoms with Gasteiger partial charge in [-0.1, -0.05) is 6.07 Å². The maximum Gasteiger partial charge on any atom is 0.573 e. The Morgan fingerprint density at radius 1 is 1.16 bits per heavy atom. The number of carbonyl (C=O) groups excluding carboxylic acids is 1. The molecule has 7 nitrogen and oxygen atoms in total. The second-order valence-electron chi connectivity index (χ2n) is 6.18. The number of ether oxygens (including phenoxy) is 1. The van der Waals surface area contributed by atoms with E-state index in [2.05, 4.69) is 20.0 Å². The van der Waals surface area contributed by atoms with E-state index in [1.165, 1.54) is 12.3 Å². The van der Waals surface area contributed by atoms with E-state index in [0.717, 1.165) is 24.4 Å². The number of alkyl halides is 3. The van der Waals surface area contributed by atoms with Crippen LogP contribution in [0.15, 0.2) is 53.6 Å². The van der Waals surface area contributed by atoms with Gasteiger partial charge in [0.15, 0.2) is 11.6 Å². The van der Waals surface area contributed by atoms with Crippen molar-refractivity contribution in [3.05, 3.63) is 87.6 Å². The summed E-state index contributed by atoms with van der Waals surface area (Å²) in [6.07, 6.45) is -2.83. The van der Waals surface area contributed by atoms with Gasteiger partial charge in [-0.3, -0.25) is 14.6 Å². The van der Waals surface area contributed by atoms with E-state index in [-0.39, 0.29) is 22.6 Å². The van der Waals surface area contributed by atoms with Gasteiger partial charge in [-0.05, 0) is 29.8 Å². The number of rotatable bonds is 5. The molecule has 2 aromatic heterocycles. The summed E-state index contributed by atoms with van der Waals surface area (Å²) in [6, 6.07) is 4.13. The Morgan fingerprint density at radius 2 is 1.90 bits per heavy atom. The van der Waals surface area contributed by atoms with Gasteiger partial charge in [0.05, 0.1) is 11.7 Å². The van der Waals surface area contributed by atoms with Crippen LogP contribution in [0.2, 0.25) is 0 Å². The van der Waals surface area contributed by atoms with E-state index in [9.17, 15) is 31.5 Å². The first kappa shape index (κ1) is 21.7. The number of hydrogen-bond donors (Lipinski definition) is 3. The Labute approximate surface area is 170 Å². The van der Waals surface area contributed by atoms with Crippen LogP contribution in [-0.4, -0.2) is 22.2 Å². The zero-order chi connectivity index (χ0) is 22.8. The van der Waals surface area contributed by atoms with Crippen LogP contribution in [0.5, 0.6) is 5.75 Å². The SMILES string of the molecule is Nc1c[nH]c(C(=O)NC(c2ccc(OC(F)(F)F)c(F)c2)c2ncccc2F)cc1=O. The van der Waals surface area contributed by atoms with Crippen molar-refractivity contribution < 1.29 is 31.5 Å². The zero-order valence-corrected chi connectivity index (χ0v) is 15.3. The Bertz CT molecular complexity index is 1180. The molecule has 1 amide bonds. The molecule has 1 unspecified atom stereocenters. The summed E-state index contributed by atoms with van der Waals surface area (Å²) in [4.78, 5) is 30.5. The average molecular weight is 440 g/mol. The number of nitrogen functional groups attached to an aromatic ring is 1. The summed E-state index contributed by atoms with van der Waals surface area (Å²) in [5, 5.41) is 2.37. The number of H-pyrrole nitrogens is 1. The van der Waals surface area contributed by atoms with E-state index >= 15 is 0 Å². The molecule has 12 heteroatoms. The van der Waals surface area contributed by atoms with Crippen molar-refractivity contribution in [2.75, 3.05) is 5.73 Å². The number of nitrogens with two attached hydrogens (primary N) is 1. The van der Waals surface area contributed by atoms with Crippen molar-refractivity contribution in [3.8, 4) is 5.75 Å². The van der Waals surface area contributed by atoms with Gasteiger partial charge >= 0.3 is 6.36 Å². The number of halogens is 5. The number of hydrogen-bond acceptors (Lipinski definition) is 5. The Kier molecular flexibility index (Phi) is 5.90. The van der Waals surface area contributed by atoms with Crippen molar-refractivity contribution in [1.29, 1.82) is 0 Å². The lowest BCUT2D eigenvalue weighted by molar-refractivity contribution is -0.275. The predicted molar refractivity (Wildman–Crippen MR) is 98.1 cm³/mol. The molecule has 0 saturated heterocycles. The lowest BCUT2D eigenvalue weighted by atomic mass is 10.0. The minimum absolute atomic E-state index is 0.129. The molecule has 162 valence electrons. The van der Waals surface area contributed by atoms with Gasteiger partial charge in [0.25, 0.3) is 5.91 Å². The molecule has 0 aliphatic heterocycles. The van der Waals surface area contributed by atoms with Crippen molar-refractivity contribution in [1.82, 2.24) is 15.3 Å². The molecule has 1 aromatic carbocycles. The first-order valence-electron chi connectivity index (χ1n) is 8.50. The number of pyridine rings is 2. The van der Waals surface area contributed by atoms with E-state index < -0.39 is 41.1 Å². The average Bonchev–Trinajstić information content (AvgIpc) is 2.69. The van der Waals surface area contributed by atoms with Crippen LogP contribution in [0.4, 0.5) is 27.6 Å². The van der Waals surface area contributed by atoms with Gasteiger partial charge < -0.3 is 20.8 Å². The summed E-state index contributed by atoms with van der Waals surface area (Å²) in [6.45, 7) is 0. The molecule has 31 heavy (non-hydrogen) atoms. The molecule has 1 atom stereocenters. The largest absolute Gasteiger partial charge is 0.573 e. The molecule has 0 radical (unpaired) electrons. The second kappa shape index (κ2) is 8.42. The van der Waals surface area contributed by atoms with E-state index in [0.29, 0.717) is 12.1 Å². The van der Waals surface area contributed by atoms with Crippen molar-refractivity contribution in [3.63, 3.8) is 0 Å². The normalized spacial score (nSPS) is 12.3. The molecule has 0 aliphatic rings. The van der Waals surface area contributed by atoms with Crippen LogP contribution in [-0.2, 0) is 0 Å². The molecule has 2 heterocycles. The molecule has 3 rings (SSSR count). The number of aromatic amines is 1. The number of amides is 1. The smallest absolute Gasteiger partial charge is 0.403 e. The topological polar surface area (TPSA) is 110 Å². The van der Waals surface area contributed by atoms with Gasteiger partial charge in [0.2, 0.25) is 5.43 Å². The highest BCUT2D eigenvalue weighted by Crippen LogP contribution is 2.30. The molecule has 0 saturated carbocycles. The third-order valence-corrected chi connectivity index (χ3v) is 4.04. The van der Waals surface area contributed by atoms with Gasteiger partial charge in [-0.15, -0.1) is 13.2 Å². The van der Waals surface area contributed by atoms with Crippen molar-refractivity contribution >= 4 is 11.6 Å². The maximum atomic E-state index is 14.3. The van der Waals surface area contributed by atoms with Gasteiger partial charge in [0.1, 0.15) is 17.2 Å². The van der Waals surface area contributed by atoms with Crippen LogP contribution in [0, 0.1) is 11.6 Å². The number of carbonyl (C=O) groups is 1. The van der Waals surface area contributed by atoms with Crippen LogP contribution in [0.1, 0.15) is 27.8 Å². The molecule has 4 N–H and O–H groups in total. The predicted octanol–water partition coefficient (Wildman–Crippen LogP) is 3.05. The first-order valence-corrected chi connectivity index (χ1v) is 8.50. The summed E-state index contributed by atoms with van der Waals surface area (Å²) in [7, 11) is 0. The number of anilines is 1. The van der Waals surface area contributed by atoms with Crippen molar-refractivity contribution in [2.45, 2.75) is 12.4 Å². The molecule has 3 aromatic rings. The summed E-state index contributed by atoms with van der Waals surface area (Å²) in [5.74, 6) is -4.27. The fourth-order valence-electron chi connectivity index (χ4n) is 2.65. The van der Waals surface area contributed by atoms with E-state index in [1.807, 2.05) is 0 Å². The van der Waals surface area contributed by atoms with Crippen LogP contribution in [0.25, 0.3) is 0 Å². The monoisotopic (exact) mass is 440 g/mol. The third-order valence-electron chi connectivity index (χ3n) is 4.04. The number of nitrogens with one attached hydrogen (secondary N) is 2. The fourth-order valence-corrected chi connectivity index (χ4v) is 2.65. The lowest BCUT2D eigenvalue weighted by Gasteiger charge is -2.20. The molecule has 0 aliphatic carbocycles. The Balaban J connectivity index is 2.00. The molecule has 0 bridgehead atoms. The van der Waals surface area contributed by atoms with Gasteiger partial charge in [0, 0.05) is 18.5 Å². The highest BCUT2D eigenvalue weighted by atomic mass is 19.4. The third kappa shape index (κ3) is 5.15. The molecular formula is C19H13F5N4O3. The quantitative estimate of drug-likeness (QED) is 0.529. The fraction of sp³-hybridized carbons (Fsp3) is 0.105. The van der Waals surface area contributed by atoms with E-state index in [1.54, 1.807) is 0 Å². The minimum Gasteiger partial charge on any atom is -0.403 e. The van der Waals surface area contributed by atoms with Crippen LogP contribution < -0.4 is 21.2 Å². The van der Waals surface area contributed by atoms with Crippen molar-refractivity contribution in [2.24, 2.45) is 0 Å². The number of benzene rings is 1. The summed E-state index contributed by atoms with van der Waals surface area (Å²) in [5.41, 5.74) is 3.90. The second-order valence-corrected chi connectivity index (χ2v) is 6.18. The number of nitrogens with zero attached hydrogens (tertiary/aromatic N) is 1. The lowest BCUT2D eigenvalue weighted by Crippen LogP contribution is -2.32. The van der Waals surface area contributed by atoms with E-state index in [4.69, 9.17) is 5.73 Å². The summed E-state index contributed by atoms with van der Waals surface area (Å²) < 4.78 is 69.2. The standard InChI is InChI=1S/C19H13F5N4O3/c20-10-2-1-5-26-17(10)16(28-18(30)13-7-14(29)12(25)8-27-13)9-3-4-15(11(21)6-9)31-19(22,23)24/h1-8,16H,25H2,(H,27,29)(H,28,30). The van der Waals surface area contributed by atoms with Crippen LogP contribution >= 0.6 is 0 Å². The Morgan fingerprint density at radius 3 is 2.52 bits per heavy atom. The first-order chi connectivity index (χ1) is 14.5. The van der Waals surface area contributed by atoms with Gasteiger partial charge in [-0.25, -0.2) is 8.78 Å². The van der Waals surface area contributed by atoms with Crippen LogP contribution in [0.3, 0.4) is 0 Å². The maximum absolute atomic E-state index is 14.3. The molecule has 0 fully saturated rings. The molecular weight excluding hydrogens is 427 g/mol. The number of aromatic nitrogens is 2. The zero-order valence-electron chi connectivity index (χ0n) is 15.3.